The van der Waals surface area contributed by atoms with Crippen LogP contribution in [-0.2, 0) is 23.9 Å². The molecule has 0 spiro atoms. The van der Waals surface area contributed by atoms with Crippen molar-refractivity contribution in [1.29, 1.82) is 0 Å². The second kappa shape index (κ2) is 29.1. The van der Waals surface area contributed by atoms with Crippen molar-refractivity contribution in [1.82, 2.24) is 14.7 Å². The minimum atomic E-state index is -0.633. The van der Waals surface area contributed by atoms with Crippen molar-refractivity contribution in [3.63, 3.8) is 0 Å². The number of rotatable bonds is 6. The minimum absolute atomic E-state index is 0.0257. The normalized spacial score (nSPS) is 27.4. The highest BCUT2D eigenvalue weighted by Crippen LogP contribution is 2.23. The highest BCUT2D eigenvalue weighted by molar-refractivity contribution is 5.98. The van der Waals surface area contributed by atoms with E-state index < -0.39 is 12.2 Å². The first-order valence-electron chi connectivity index (χ1n) is 18.6. The summed E-state index contributed by atoms with van der Waals surface area (Å²) in [5.74, 6) is 0.735. The van der Waals surface area contributed by atoms with Crippen molar-refractivity contribution in [2.45, 2.75) is 132 Å². The SMILES string of the molecule is C=C.CC.CCCC1C(=O)CC[C@H](C)C[C@@H](C)CN(C)CCN(C(=O)CN(CC)CC)CCCCOC1=O.C[C@H]1C[C@@H](C)O[C@@H](O)C1. The molecule has 0 aromatic rings. The van der Waals surface area contributed by atoms with Crippen LogP contribution >= 0.6 is 0 Å². The molecule has 2 aliphatic heterocycles. The van der Waals surface area contributed by atoms with Crippen molar-refractivity contribution in [2.75, 3.05) is 59.5 Å². The summed E-state index contributed by atoms with van der Waals surface area (Å²) in [7, 11) is 2.13. The van der Waals surface area contributed by atoms with Crippen LogP contribution in [0.15, 0.2) is 13.2 Å². The Hall–Kier alpha value is -1.81. The molecule has 2 saturated heterocycles. The maximum absolute atomic E-state index is 13.0. The first-order valence-corrected chi connectivity index (χ1v) is 18.6. The summed E-state index contributed by atoms with van der Waals surface area (Å²) in [6.45, 7) is 30.4. The molecule has 1 N–H and O–H groups in total. The molecule has 0 bridgehead atoms. The zero-order valence-electron chi connectivity index (χ0n) is 32.2. The van der Waals surface area contributed by atoms with Gasteiger partial charge < -0.3 is 24.4 Å². The van der Waals surface area contributed by atoms with E-state index in [1.807, 2.05) is 32.6 Å². The van der Waals surface area contributed by atoms with E-state index in [1.54, 1.807) is 0 Å². The van der Waals surface area contributed by atoms with Gasteiger partial charge in [-0.15, -0.1) is 13.2 Å². The summed E-state index contributed by atoms with van der Waals surface area (Å²) < 4.78 is 10.6. The molecule has 278 valence electrons. The van der Waals surface area contributed by atoms with E-state index in [2.05, 4.69) is 64.6 Å². The molecule has 0 aromatic heterocycles. The second-order valence-corrected chi connectivity index (χ2v) is 13.2. The molecular weight excluding hydrogens is 594 g/mol. The van der Waals surface area contributed by atoms with Gasteiger partial charge in [-0.25, -0.2) is 0 Å². The van der Waals surface area contributed by atoms with Crippen LogP contribution in [-0.4, -0.2) is 109 Å². The Morgan fingerprint density at radius 1 is 0.915 bits per heavy atom. The number of carbonyl (C=O) groups is 3. The molecule has 47 heavy (non-hydrogen) atoms. The summed E-state index contributed by atoms with van der Waals surface area (Å²) in [5, 5.41) is 9.03. The van der Waals surface area contributed by atoms with E-state index in [4.69, 9.17) is 14.6 Å². The van der Waals surface area contributed by atoms with E-state index in [1.165, 1.54) is 0 Å². The molecule has 0 aromatic carbocycles. The number of esters is 1. The monoisotopic (exact) mass is 670 g/mol. The molecule has 2 rings (SSSR count). The van der Waals surface area contributed by atoms with Crippen molar-refractivity contribution in [3.8, 4) is 0 Å². The van der Waals surface area contributed by atoms with Gasteiger partial charge in [0.1, 0.15) is 11.7 Å². The quantitative estimate of drug-likeness (QED) is 0.187. The predicted octanol–water partition coefficient (Wildman–Crippen LogP) is 6.82. The number of amides is 1. The zero-order chi connectivity index (χ0) is 36.4. The van der Waals surface area contributed by atoms with Gasteiger partial charge in [0.2, 0.25) is 5.91 Å². The van der Waals surface area contributed by atoms with Gasteiger partial charge in [0.05, 0.1) is 19.3 Å². The number of aliphatic hydroxyl groups is 1. The number of hydrogen-bond acceptors (Lipinski definition) is 8. The van der Waals surface area contributed by atoms with E-state index in [9.17, 15) is 14.4 Å². The lowest BCUT2D eigenvalue weighted by Gasteiger charge is -2.29. The molecule has 9 nitrogen and oxygen atoms in total. The third kappa shape index (κ3) is 22.5. The summed E-state index contributed by atoms with van der Waals surface area (Å²) >= 11 is 0. The highest BCUT2D eigenvalue weighted by atomic mass is 16.6. The van der Waals surface area contributed by atoms with Crippen LogP contribution < -0.4 is 0 Å². The molecule has 2 aliphatic rings. The smallest absolute Gasteiger partial charge is 0.316 e. The van der Waals surface area contributed by atoms with Crippen LogP contribution in [0.3, 0.4) is 0 Å². The molecule has 0 aliphatic carbocycles. The van der Waals surface area contributed by atoms with Gasteiger partial charge >= 0.3 is 5.97 Å². The predicted molar refractivity (Wildman–Crippen MR) is 195 cm³/mol. The van der Waals surface area contributed by atoms with Gasteiger partial charge in [0.15, 0.2) is 6.29 Å². The maximum Gasteiger partial charge on any atom is 0.316 e. The molecule has 0 saturated carbocycles. The molecule has 0 radical (unpaired) electrons. The molecule has 1 unspecified atom stereocenters. The Morgan fingerprint density at radius 2 is 1.55 bits per heavy atom. The lowest BCUT2D eigenvalue weighted by Crippen LogP contribution is -2.44. The van der Waals surface area contributed by atoms with Crippen LogP contribution in [0.25, 0.3) is 0 Å². The number of ether oxygens (including phenoxy) is 2. The van der Waals surface area contributed by atoms with Crippen LogP contribution in [0, 0.1) is 23.7 Å². The molecule has 2 fully saturated rings. The van der Waals surface area contributed by atoms with Gasteiger partial charge in [0.25, 0.3) is 0 Å². The second-order valence-electron chi connectivity index (χ2n) is 13.2. The zero-order valence-corrected chi connectivity index (χ0v) is 32.2. The first-order chi connectivity index (χ1) is 22.4. The Bertz CT molecular complexity index is 783. The van der Waals surface area contributed by atoms with Gasteiger partial charge in [-0.05, 0) is 83.3 Å². The largest absolute Gasteiger partial charge is 0.465 e. The standard InChI is InChI=1S/C27H51N3O4.C7H14O2.C2H6.C2H4/c1-7-12-24-25(31)14-13-22(4)19-23(5)20-28(6)16-17-30(15-10-11-18-34-27(24)33)26(32)21-29(8-2)9-3;1-5-3-6(2)9-7(8)4-5;2*1-2/h22-24H,7-21H2,1-6H3;5-8H,3-4H2,1-2H3;1-2H3;1-2H2/t22-,23+,24?;5-,6+,7+;;/m00../s1. The van der Waals surface area contributed by atoms with Crippen molar-refractivity contribution >= 4 is 17.7 Å². The Kier molecular flexibility index (Phi) is 29.3. The number of likely N-dealkylation sites (N-methyl/N-ethyl adjacent to an activating group) is 2. The fraction of sp³-hybridized carbons (Fsp3) is 0.868. The van der Waals surface area contributed by atoms with Crippen molar-refractivity contribution in [3.05, 3.63) is 13.2 Å². The Balaban J connectivity index is 0. The third-order valence-corrected chi connectivity index (χ3v) is 8.71. The fourth-order valence-corrected chi connectivity index (χ4v) is 6.22. The van der Waals surface area contributed by atoms with Crippen LogP contribution in [0.5, 0.6) is 0 Å². The first kappa shape index (κ1) is 47.3. The van der Waals surface area contributed by atoms with Gasteiger partial charge in [-0.2, -0.15) is 0 Å². The lowest BCUT2D eigenvalue weighted by atomic mass is 9.89. The van der Waals surface area contributed by atoms with E-state index in [-0.39, 0.29) is 23.8 Å². The third-order valence-electron chi connectivity index (χ3n) is 8.71. The minimum Gasteiger partial charge on any atom is -0.465 e. The Morgan fingerprint density at radius 3 is 2.11 bits per heavy atom. The number of hydrogen-bond donors (Lipinski definition) is 1. The Labute approximate surface area is 289 Å². The van der Waals surface area contributed by atoms with Gasteiger partial charge in [-0.1, -0.05) is 61.8 Å². The van der Waals surface area contributed by atoms with E-state index >= 15 is 0 Å². The number of cyclic esters (lactones) is 1. The van der Waals surface area contributed by atoms with Crippen LogP contribution in [0.1, 0.15) is 120 Å². The number of nitrogens with zero attached hydrogens (tertiary/aromatic N) is 3. The average Bonchev–Trinajstić information content (AvgIpc) is 3.03. The van der Waals surface area contributed by atoms with Crippen LogP contribution in [0.2, 0.25) is 0 Å². The van der Waals surface area contributed by atoms with Gasteiger partial charge in [0, 0.05) is 39.0 Å². The lowest BCUT2D eigenvalue weighted by molar-refractivity contribution is -0.169. The van der Waals surface area contributed by atoms with Crippen LogP contribution in [0.4, 0.5) is 0 Å². The molecule has 9 heteroatoms. The fourth-order valence-electron chi connectivity index (χ4n) is 6.22. The topological polar surface area (TPSA) is 99.6 Å². The van der Waals surface area contributed by atoms with E-state index in [0.29, 0.717) is 63.3 Å². The molecule has 1 amide bonds. The summed E-state index contributed by atoms with van der Waals surface area (Å²) in [5.41, 5.74) is 0. The number of carbonyl (C=O) groups excluding carboxylic acids is 3. The number of ketones is 1. The molecule has 6 atom stereocenters. The number of aliphatic hydroxyl groups excluding tert-OH is 1. The van der Waals surface area contributed by atoms with Crippen molar-refractivity contribution in [2.24, 2.45) is 23.7 Å². The summed E-state index contributed by atoms with van der Waals surface area (Å²) in [6, 6.07) is 0. The highest BCUT2D eigenvalue weighted by Gasteiger charge is 2.27. The maximum atomic E-state index is 13.0. The number of Topliss-reactive ketones (excluding diaryl/α,β-unsaturated/α-hetero) is 1. The average molecular weight is 670 g/mol. The van der Waals surface area contributed by atoms with E-state index in [0.717, 1.165) is 64.7 Å². The molecular formula is C38H75N3O6. The van der Waals surface area contributed by atoms with Crippen molar-refractivity contribution < 1.29 is 29.0 Å². The summed E-state index contributed by atoms with van der Waals surface area (Å²) in [4.78, 5) is 44.9. The molecule has 2 heterocycles. The summed E-state index contributed by atoms with van der Waals surface area (Å²) in [6.07, 6.45) is 6.73. The van der Waals surface area contributed by atoms with Gasteiger partial charge in [-0.3, -0.25) is 19.3 Å².